The first-order valence-corrected chi connectivity index (χ1v) is 16.3. The highest BCUT2D eigenvalue weighted by atomic mass is 15.0. The van der Waals surface area contributed by atoms with Gasteiger partial charge < -0.3 is 0 Å². The van der Waals surface area contributed by atoms with Crippen LogP contribution in [-0.2, 0) is 0 Å². The summed E-state index contributed by atoms with van der Waals surface area (Å²) < 4.78 is 0. The van der Waals surface area contributed by atoms with E-state index >= 15 is 0 Å². The lowest BCUT2D eigenvalue weighted by Crippen LogP contribution is -2.00. The van der Waals surface area contributed by atoms with Crippen LogP contribution in [0.1, 0.15) is 0 Å². The molecule has 0 N–H and O–H groups in total. The van der Waals surface area contributed by atoms with Gasteiger partial charge in [-0.25, -0.2) is 15.0 Å². The Bertz CT molecular complexity index is 2810. The van der Waals surface area contributed by atoms with Crippen molar-refractivity contribution < 1.29 is 0 Å². The summed E-state index contributed by atoms with van der Waals surface area (Å²) in [5.41, 5.74) is 2.87. The van der Waals surface area contributed by atoms with Crippen LogP contribution >= 0.6 is 0 Å². The summed E-state index contributed by atoms with van der Waals surface area (Å²) >= 11 is 0. The van der Waals surface area contributed by atoms with Crippen molar-refractivity contribution in [3.05, 3.63) is 164 Å². The van der Waals surface area contributed by atoms with Gasteiger partial charge in [0.2, 0.25) is 0 Å². The molecule has 10 aromatic rings. The van der Waals surface area contributed by atoms with Gasteiger partial charge in [0.05, 0.1) is 0 Å². The fourth-order valence-corrected chi connectivity index (χ4v) is 7.36. The molecule has 0 spiro atoms. The summed E-state index contributed by atoms with van der Waals surface area (Å²) in [6.45, 7) is 0. The topological polar surface area (TPSA) is 38.7 Å². The van der Waals surface area contributed by atoms with Crippen LogP contribution in [0.3, 0.4) is 0 Å². The first kappa shape index (κ1) is 26.7. The molecule has 0 aliphatic carbocycles. The van der Waals surface area contributed by atoms with Gasteiger partial charge in [-0.05, 0) is 76.8 Å². The van der Waals surface area contributed by atoms with Crippen LogP contribution in [-0.4, -0.2) is 15.0 Å². The van der Waals surface area contributed by atoms with E-state index in [0.717, 1.165) is 16.7 Å². The molecule has 0 aliphatic rings. The molecule has 48 heavy (non-hydrogen) atoms. The number of fused-ring (bicyclic) bond motifs is 11. The molecule has 1 aromatic heterocycles. The highest BCUT2D eigenvalue weighted by molar-refractivity contribution is 6.26. The average Bonchev–Trinajstić information content (AvgIpc) is 3.17. The van der Waals surface area contributed by atoms with Gasteiger partial charge in [-0.2, -0.15) is 0 Å². The van der Waals surface area contributed by atoms with Crippen molar-refractivity contribution in [2.24, 2.45) is 0 Å². The smallest absolute Gasteiger partial charge is 0.164 e. The molecule has 10 rings (SSSR count). The Labute approximate surface area is 276 Å². The number of hydrogen-bond donors (Lipinski definition) is 0. The molecule has 0 saturated heterocycles. The first-order valence-electron chi connectivity index (χ1n) is 16.3. The third kappa shape index (κ3) is 4.18. The summed E-state index contributed by atoms with van der Waals surface area (Å²) in [6.07, 6.45) is 0. The molecule has 0 fully saturated rings. The molecule has 0 amide bonds. The van der Waals surface area contributed by atoms with E-state index in [-0.39, 0.29) is 0 Å². The predicted molar refractivity (Wildman–Crippen MR) is 201 cm³/mol. The number of aromatic nitrogens is 3. The number of hydrogen-bond acceptors (Lipinski definition) is 3. The lowest BCUT2D eigenvalue weighted by Gasteiger charge is -2.13. The fourth-order valence-electron chi connectivity index (χ4n) is 7.36. The highest BCUT2D eigenvalue weighted by Gasteiger charge is 2.16. The summed E-state index contributed by atoms with van der Waals surface area (Å²) in [5, 5.41) is 14.7. The van der Waals surface area contributed by atoms with Crippen molar-refractivity contribution in [3.8, 4) is 34.2 Å². The molecule has 0 atom stereocenters. The predicted octanol–water partition coefficient (Wildman–Crippen LogP) is 11.8. The minimum Gasteiger partial charge on any atom is -0.208 e. The average molecular weight is 610 g/mol. The van der Waals surface area contributed by atoms with E-state index in [1.807, 2.05) is 18.2 Å². The standard InChI is InChI=1S/C45H27N3/c1-2-11-31(12-3-1)43-46-44(32-23-20-29-19-22-30-21-18-28-10-4-5-13-34(28)42(30)40(29)26-32)48-45(47-43)33-24-25-39-37-16-7-6-14-35(37)36-15-8-9-17-38(36)41(39)27-33/h1-27H. The molecule has 222 valence electrons. The zero-order valence-electron chi connectivity index (χ0n) is 25.9. The molecule has 9 aromatic carbocycles. The van der Waals surface area contributed by atoms with Crippen LogP contribution in [0.15, 0.2) is 164 Å². The fraction of sp³-hybridized carbons (Fsp3) is 0. The van der Waals surface area contributed by atoms with Crippen molar-refractivity contribution in [1.29, 1.82) is 0 Å². The summed E-state index contributed by atoms with van der Waals surface area (Å²) in [4.78, 5) is 15.3. The summed E-state index contributed by atoms with van der Waals surface area (Å²) in [6, 6.07) is 58.1. The minimum atomic E-state index is 0.654. The Balaban J connectivity index is 1.23. The van der Waals surface area contributed by atoms with Crippen LogP contribution in [0, 0.1) is 0 Å². The molecule has 3 nitrogen and oxygen atoms in total. The largest absolute Gasteiger partial charge is 0.208 e. The molecule has 0 aliphatic heterocycles. The Morgan fingerprint density at radius 2 is 0.667 bits per heavy atom. The maximum atomic E-state index is 5.18. The van der Waals surface area contributed by atoms with E-state index < -0.39 is 0 Å². The Kier molecular flexibility index (Phi) is 5.87. The lowest BCUT2D eigenvalue weighted by molar-refractivity contribution is 1.08. The lowest BCUT2D eigenvalue weighted by atomic mass is 9.93. The van der Waals surface area contributed by atoms with Gasteiger partial charge in [0.25, 0.3) is 0 Å². The maximum absolute atomic E-state index is 5.18. The zero-order valence-corrected chi connectivity index (χ0v) is 25.9. The second-order valence-corrected chi connectivity index (χ2v) is 12.4. The van der Waals surface area contributed by atoms with Crippen LogP contribution in [0.5, 0.6) is 0 Å². The monoisotopic (exact) mass is 609 g/mol. The number of nitrogens with zero attached hydrogens (tertiary/aromatic N) is 3. The van der Waals surface area contributed by atoms with Gasteiger partial charge in [-0.1, -0.05) is 152 Å². The summed E-state index contributed by atoms with van der Waals surface area (Å²) in [5.74, 6) is 1.96. The van der Waals surface area contributed by atoms with E-state index in [4.69, 9.17) is 15.0 Å². The van der Waals surface area contributed by atoms with Crippen molar-refractivity contribution in [3.63, 3.8) is 0 Å². The normalized spacial score (nSPS) is 11.8. The van der Waals surface area contributed by atoms with Gasteiger partial charge in [0, 0.05) is 16.7 Å². The van der Waals surface area contributed by atoms with Gasteiger partial charge >= 0.3 is 0 Å². The van der Waals surface area contributed by atoms with Crippen molar-refractivity contribution in [1.82, 2.24) is 15.0 Å². The van der Waals surface area contributed by atoms with Gasteiger partial charge in [0.15, 0.2) is 17.5 Å². The third-order valence-corrected chi connectivity index (χ3v) is 9.65. The maximum Gasteiger partial charge on any atom is 0.164 e. The molecular weight excluding hydrogens is 583 g/mol. The summed E-state index contributed by atoms with van der Waals surface area (Å²) in [7, 11) is 0. The second kappa shape index (κ2) is 10.5. The Morgan fingerprint density at radius 3 is 1.31 bits per heavy atom. The van der Waals surface area contributed by atoms with Crippen LogP contribution in [0.25, 0.3) is 98.8 Å². The van der Waals surface area contributed by atoms with Crippen molar-refractivity contribution in [2.75, 3.05) is 0 Å². The minimum absolute atomic E-state index is 0.654. The quantitative estimate of drug-likeness (QED) is 0.187. The third-order valence-electron chi connectivity index (χ3n) is 9.65. The van der Waals surface area contributed by atoms with Gasteiger partial charge in [-0.3, -0.25) is 0 Å². The van der Waals surface area contributed by atoms with E-state index in [1.165, 1.54) is 64.6 Å². The van der Waals surface area contributed by atoms with Gasteiger partial charge in [0.1, 0.15) is 0 Å². The SMILES string of the molecule is c1ccc(-c2nc(-c3ccc4c5ccccc5c5ccccc5c4c3)nc(-c3ccc4ccc5ccc6ccccc6c5c4c3)n2)cc1. The number of rotatable bonds is 3. The highest BCUT2D eigenvalue weighted by Crippen LogP contribution is 2.38. The van der Waals surface area contributed by atoms with Crippen LogP contribution in [0.4, 0.5) is 0 Å². The molecule has 0 bridgehead atoms. The van der Waals surface area contributed by atoms with Crippen LogP contribution in [0.2, 0.25) is 0 Å². The molecule has 3 heteroatoms. The first-order chi connectivity index (χ1) is 23.8. The van der Waals surface area contributed by atoms with E-state index in [9.17, 15) is 0 Å². The van der Waals surface area contributed by atoms with E-state index in [2.05, 4.69) is 146 Å². The second-order valence-electron chi connectivity index (χ2n) is 12.4. The molecule has 0 saturated carbocycles. The van der Waals surface area contributed by atoms with Crippen molar-refractivity contribution in [2.45, 2.75) is 0 Å². The molecule has 0 unspecified atom stereocenters. The Morgan fingerprint density at radius 1 is 0.250 bits per heavy atom. The molecular formula is C45H27N3. The zero-order chi connectivity index (χ0) is 31.6. The molecule has 0 radical (unpaired) electrons. The van der Waals surface area contributed by atoms with Gasteiger partial charge in [-0.15, -0.1) is 0 Å². The Hall–Kier alpha value is -6.45. The molecule has 1 heterocycles. The van der Waals surface area contributed by atoms with E-state index in [1.54, 1.807) is 0 Å². The van der Waals surface area contributed by atoms with E-state index in [0.29, 0.717) is 17.5 Å². The number of benzene rings is 9. The van der Waals surface area contributed by atoms with Crippen LogP contribution < -0.4 is 0 Å². The van der Waals surface area contributed by atoms with Crippen molar-refractivity contribution >= 4 is 64.6 Å².